The van der Waals surface area contributed by atoms with Crippen molar-refractivity contribution in [2.45, 2.75) is 52.0 Å². The molecule has 0 spiro atoms. The number of benzene rings is 1. The molecule has 0 bridgehead atoms. The van der Waals surface area contributed by atoms with Crippen LogP contribution in [0.4, 0.5) is 0 Å². The SMILES string of the molecule is COC1(O[Si](C)(C)C)OC(C)(c2ccc(C#N)cc2)C1(C)C. The van der Waals surface area contributed by atoms with E-state index in [9.17, 15) is 0 Å². The van der Waals surface area contributed by atoms with Crippen molar-refractivity contribution in [3.05, 3.63) is 35.4 Å². The van der Waals surface area contributed by atoms with E-state index in [1.54, 1.807) is 7.11 Å². The van der Waals surface area contributed by atoms with Gasteiger partial charge in [-0.3, -0.25) is 0 Å². The van der Waals surface area contributed by atoms with Gasteiger partial charge in [-0.15, -0.1) is 0 Å². The van der Waals surface area contributed by atoms with Crippen LogP contribution in [0.1, 0.15) is 31.9 Å². The smallest absolute Gasteiger partial charge is 0.282 e. The lowest BCUT2D eigenvalue weighted by Gasteiger charge is -2.66. The van der Waals surface area contributed by atoms with Gasteiger partial charge in [0.2, 0.25) is 0 Å². The molecule has 1 heterocycles. The van der Waals surface area contributed by atoms with Crippen LogP contribution in [0.25, 0.3) is 0 Å². The first-order valence-electron chi connectivity index (χ1n) is 7.47. The van der Waals surface area contributed by atoms with Crippen LogP contribution in [-0.4, -0.2) is 21.4 Å². The Morgan fingerprint density at radius 3 is 2.00 bits per heavy atom. The fourth-order valence-corrected chi connectivity index (χ4v) is 4.13. The monoisotopic (exact) mass is 319 g/mol. The first kappa shape index (κ1) is 17.2. The summed E-state index contributed by atoms with van der Waals surface area (Å²) in [5.74, 6) is -1.03. The van der Waals surface area contributed by atoms with Crippen molar-refractivity contribution in [1.82, 2.24) is 0 Å². The van der Waals surface area contributed by atoms with Crippen LogP contribution in [-0.2, 0) is 19.5 Å². The molecule has 1 aromatic rings. The van der Waals surface area contributed by atoms with Crippen molar-refractivity contribution in [2.75, 3.05) is 7.11 Å². The normalized spacial score (nSPS) is 30.5. The number of nitrogens with zero attached hydrogens (tertiary/aromatic N) is 1. The molecule has 1 fully saturated rings. The number of methoxy groups -OCH3 is 1. The third kappa shape index (κ3) is 2.40. The highest BCUT2D eigenvalue weighted by Gasteiger charge is 2.72. The summed E-state index contributed by atoms with van der Waals surface area (Å²) in [5, 5.41) is 8.94. The molecule has 5 heteroatoms. The van der Waals surface area contributed by atoms with Gasteiger partial charge in [-0.2, -0.15) is 5.26 Å². The van der Waals surface area contributed by atoms with Gasteiger partial charge < -0.3 is 13.9 Å². The summed E-state index contributed by atoms with van der Waals surface area (Å²) in [7, 11) is -0.218. The van der Waals surface area contributed by atoms with E-state index < -0.39 is 19.9 Å². The van der Waals surface area contributed by atoms with Gasteiger partial charge in [-0.05, 0) is 58.1 Å². The van der Waals surface area contributed by atoms with Crippen molar-refractivity contribution >= 4 is 8.32 Å². The molecule has 1 saturated heterocycles. The second-order valence-corrected chi connectivity index (χ2v) is 11.9. The van der Waals surface area contributed by atoms with Crippen molar-refractivity contribution in [2.24, 2.45) is 5.41 Å². The van der Waals surface area contributed by atoms with Crippen LogP contribution in [0.2, 0.25) is 19.6 Å². The molecule has 2 atom stereocenters. The van der Waals surface area contributed by atoms with Crippen molar-refractivity contribution in [1.29, 1.82) is 5.26 Å². The number of nitriles is 1. The minimum Gasteiger partial charge on any atom is -0.369 e. The van der Waals surface area contributed by atoms with Gasteiger partial charge in [0.1, 0.15) is 5.60 Å². The number of hydrogen-bond acceptors (Lipinski definition) is 4. The molecule has 4 nitrogen and oxygen atoms in total. The second kappa shape index (κ2) is 5.17. The fraction of sp³-hybridized carbons (Fsp3) is 0.588. The molecule has 2 unspecified atom stereocenters. The van der Waals surface area contributed by atoms with E-state index in [1.807, 2.05) is 31.2 Å². The molecule has 2 rings (SSSR count). The molecule has 0 aromatic heterocycles. The largest absolute Gasteiger partial charge is 0.369 e. The highest BCUT2D eigenvalue weighted by atomic mass is 28.4. The van der Waals surface area contributed by atoms with Crippen molar-refractivity contribution in [3.63, 3.8) is 0 Å². The minimum atomic E-state index is -1.84. The van der Waals surface area contributed by atoms with E-state index >= 15 is 0 Å². The Morgan fingerprint density at radius 1 is 1.09 bits per heavy atom. The molecule has 1 aliphatic heterocycles. The maximum Gasteiger partial charge on any atom is 0.282 e. The minimum absolute atomic E-state index is 0.372. The summed E-state index contributed by atoms with van der Waals surface area (Å²) in [4.78, 5) is 0. The lowest BCUT2D eigenvalue weighted by molar-refractivity contribution is -0.533. The van der Waals surface area contributed by atoms with E-state index in [0.717, 1.165) is 5.56 Å². The Kier molecular flexibility index (Phi) is 4.03. The third-order valence-corrected chi connectivity index (χ3v) is 5.45. The molecular weight excluding hydrogens is 294 g/mol. The maximum atomic E-state index is 8.94. The summed E-state index contributed by atoms with van der Waals surface area (Å²) in [5.41, 5.74) is 0.754. The van der Waals surface area contributed by atoms with Crippen LogP contribution in [0.15, 0.2) is 24.3 Å². The summed E-state index contributed by atoms with van der Waals surface area (Å²) < 4.78 is 18.1. The molecule has 0 N–H and O–H groups in total. The van der Waals surface area contributed by atoms with Crippen LogP contribution < -0.4 is 0 Å². The first-order chi connectivity index (χ1) is 10.0. The molecule has 1 aromatic carbocycles. The third-order valence-electron chi connectivity index (χ3n) is 4.57. The summed E-state index contributed by atoms with van der Waals surface area (Å²) in [6, 6.07) is 9.64. The summed E-state index contributed by atoms with van der Waals surface area (Å²) >= 11 is 0. The van der Waals surface area contributed by atoms with Crippen molar-refractivity contribution < 1.29 is 13.9 Å². The summed E-state index contributed by atoms with van der Waals surface area (Å²) in [6.45, 7) is 12.6. The number of hydrogen-bond donors (Lipinski definition) is 0. The molecule has 22 heavy (non-hydrogen) atoms. The van der Waals surface area contributed by atoms with E-state index in [2.05, 4.69) is 39.6 Å². The van der Waals surface area contributed by atoms with Gasteiger partial charge in [0.05, 0.1) is 17.0 Å². The maximum absolute atomic E-state index is 8.94. The highest BCUT2D eigenvalue weighted by Crippen LogP contribution is 2.63. The molecule has 0 aliphatic carbocycles. The van der Waals surface area contributed by atoms with Gasteiger partial charge in [0.15, 0.2) is 8.32 Å². The topological polar surface area (TPSA) is 51.5 Å². The molecular formula is C17H25NO3Si. The Morgan fingerprint density at radius 2 is 1.64 bits per heavy atom. The molecule has 0 saturated carbocycles. The quantitative estimate of drug-likeness (QED) is 0.622. The Bertz CT molecular complexity index is 600. The molecule has 0 amide bonds. The first-order valence-corrected chi connectivity index (χ1v) is 10.9. The van der Waals surface area contributed by atoms with Crippen LogP contribution in [0.3, 0.4) is 0 Å². The van der Waals surface area contributed by atoms with Gasteiger partial charge in [0.25, 0.3) is 5.97 Å². The predicted octanol–water partition coefficient (Wildman–Crippen LogP) is 3.98. The number of rotatable bonds is 4. The fourth-order valence-electron chi connectivity index (χ4n) is 2.94. The lowest BCUT2D eigenvalue weighted by atomic mass is 9.64. The average molecular weight is 319 g/mol. The van der Waals surface area contributed by atoms with Crippen LogP contribution in [0.5, 0.6) is 0 Å². The van der Waals surface area contributed by atoms with Crippen molar-refractivity contribution in [3.8, 4) is 6.07 Å². The predicted molar refractivity (Wildman–Crippen MR) is 87.5 cm³/mol. The highest BCUT2D eigenvalue weighted by molar-refractivity contribution is 6.69. The zero-order chi connectivity index (χ0) is 16.8. The Balaban J connectivity index is 2.37. The molecule has 1 aliphatic rings. The second-order valence-electron chi connectivity index (χ2n) is 7.42. The van der Waals surface area contributed by atoms with Gasteiger partial charge in [-0.1, -0.05) is 12.1 Å². The average Bonchev–Trinajstić information content (AvgIpc) is 2.44. The van der Waals surface area contributed by atoms with Gasteiger partial charge in [0, 0.05) is 7.11 Å². The summed E-state index contributed by atoms with van der Waals surface area (Å²) in [6.07, 6.45) is 0. The van der Waals surface area contributed by atoms with Crippen LogP contribution in [0, 0.1) is 16.7 Å². The van der Waals surface area contributed by atoms with E-state index in [1.165, 1.54) is 0 Å². The Labute approximate surface area is 134 Å². The molecule has 0 radical (unpaired) electrons. The van der Waals surface area contributed by atoms with E-state index in [0.29, 0.717) is 5.56 Å². The van der Waals surface area contributed by atoms with E-state index in [-0.39, 0.29) is 5.41 Å². The Hall–Kier alpha value is -1.19. The standard InChI is InChI=1S/C17H25NO3Si/c1-15(2)16(3,14-10-8-13(12-18)9-11-14)20-17(15,19-4)21-22(5,6)7/h8-11H,1-7H3. The lowest BCUT2D eigenvalue weighted by Crippen LogP contribution is -2.74. The number of ether oxygens (including phenoxy) is 2. The molecule has 120 valence electrons. The van der Waals surface area contributed by atoms with Gasteiger partial charge >= 0.3 is 0 Å². The van der Waals surface area contributed by atoms with Crippen LogP contribution >= 0.6 is 0 Å². The zero-order valence-corrected chi connectivity index (χ0v) is 15.5. The van der Waals surface area contributed by atoms with Gasteiger partial charge in [-0.25, -0.2) is 0 Å². The van der Waals surface area contributed by atoms with E-state index in [4.69, 9.17) is 19.2 Å². The zero-order valence-electron chi connectivity index (χ0n) is 14.5.